The monoisotopic (exact) mass is 457 g/mol. The van der Waals surface area contributed by atoms with Crippen molar-refractivity contribution >= 4 is 16.9 Å². The van der Waals surface area contributed by atoms with E-state index in [-0.39, 0.29) is 23.7 Å². The largest absolute Gasteiger partial charge is 0.481 e. The number of rotatable bonds is 6. The first kappa shape index (κ1) is 21.9. The van der Waals surface area contributed by atoms with Crippen LogP contribution in [0.25, 0.3) is 10.9 Å². The lowest BCUT2D eigenvalue weighted by Gasteiger charge is -2.23. The highest BCUT2D eigenvalue weighted by Crippen LogP contribution is 2.42. The van der Waals surface area contributed by atoms with Gasteiger partial charge in [-0.05, 0) is 60.9 Å². The van der Waals surface area contributed by atoms with Crippen molar-refractivity contribution in [3.63, 3.8) is 0 Å². The molecule has 0 bridgehead atoms. The normalized spacial score (nSPS) is 19.7. The highest BCUT2D eigenvalue weighted by molar-refractivity contribution is 5.87. The molecule has 0 radical (unpaired) electrons. The molecule has 5 rings (SSSR count). The van der Waals surface area contributed by atoms with Crippen LogP contribution in [0.3, 0.4) is 0 Å². The molecular formula is C26H26F3NO3. The minimum atomic E-state index is -4.56. The van der Waals surface area contributed by atoms with E-state index >= 15 is 0 Å². The molecule has 0 amide bonds. The lowest BCUT2D eigenvalue weighted by molar-refractivity contribution is -0.198. The highest BCUT2D eigenvalue weighted by atomic mass is 19.4. The Morgan fingerprint density at radius 2 is 1.82 bits per heavy atom. The second-order valence-electron chi connectivity index (χ2n) is 9.25. The lowest BCUT2D eigenvalue weighted by Crippen LogP contribution is -2.26. The Morgan fingerprint density at radius 1 is 1.09 bits per heavy atom. The molecule has 1 aromatic heterocycles. The minimum Gasteiger partial charge on any atom is -0.481 e. The molecular weight excluding hydrogens is 431 g/mol. The molecule has 0 saturated heterocycles. The van der Waals surface area contributed by atoms with Crippen LogP contribution in [0, 0.1) is 0 Å². The van der Waals surface area contributed by atoms with Gasteiger partial charge in [-0.3, -0.25) is 4.79 Å². The smallest absolute Gasteiger partial charge is 0.429 e. The van der Waals surface area contributed by atoms with Gasteiger partial charge in [0.1, 0.15) is 5.75 Å². The predicted octanol–water partition coefficient (Wildman–Crippen LogP) is 7.01. The Bertz CT molecular complexity index is 1160. The number of benzene rings is 2. The Kier molecular flexibility index (Phi) is 5.59. The summed E-state index contributed by atoms with van der Waals surface area (Å²) in [7, 11) is 0. The van der Waals surface area contributed by atoms with E-state index in [0.717, 1.165) is 40.6 Å². The van der Waals surface area contributed by atoms with Crippen molar-refractivity contribution in [2.24, 2.45) is 0 Å². The molecule has 3 aromatic rings. The zero-order chi connectivity index (χ0) is 23.2. The van der Waals surface area contributed by atoms with E-state index in [1.807, 2.05) is 0 Å². The van der Waals surface area contributed by atoms with Gasteiger partial charge < -0.3 is 14.8 Å². The molecule has 1 saturated carbocycles. The summed E-state index contributed by atoms with van der Waals surface area (Å²) in [4.78, 5) is 14.4. The Morgan fingerprint density at radius 3 is 2.48 bits per heavy atom. The number of aryl methyl sites for hydroxylation is 1. The van der Waals surface area contributed by atoms with Crippen LogP contribution >= 0.6 is 0 Å². The minimum absolute atomic E-state index is 0.0379. The molecule has 174 valence electrons. The van der Waals surface area contributed by atoms with Gasteiger partial charge in [-0.2, -0.15) is 13.2 Å². The maximum atomic E-state index is 14.0. The summed E-state index contributed by atoms with van der Waals surface area (Å²) in [5.41, 5.74) is 3.82. The van der Waals surface area contributed by atoms with Gasteiger partial charge in [0, 0.05) is 28.1 Å². The fraction of sp³-hybridized carbons (Fsp3) is 0.423. The lowest BCUT2D eigenvalue weighted by atomic mass is 9.95. The molecule has 1 unspecified atom stereocenters. The molecule has 0 spiro atoms. The van der Waals surface area contributed by atoms with E-state index in [2.05, 4.69) is 4.98 Å². The van der Waals surface area contributed by atoms with Crippen molar-refractivity contribution in [3.8, 4) is 5.75 Å². The summed E-state index contributed by atoms with van der Waals surface area (Å²) in [5, 5.41) is 9.94. The fourth-order valence-electron chi connectivity index (χ4n) is 5.48. The summed E-state index contributed by atoms with van der Waals surface area (Å²) in [5.74, 6) is -0.376. The topological polar surface area (TPSA) is 62.3 Å². The van der Waals surface area contributed by atoms with Crippen LogP contribution in [0.2, 0.25) is 0 Å². The number of carboxylic acids is 1. The summed E-state index contributed by atoms with van der Waals surface area (Å²) in [6, 6.07) is 11.6. The van der Waals surface area contributed by atoms with Crippen molar-refractivity contribution < 1.29 is 27.8 Å². The summed E-state index contributed by atoms with van der Waals surface area (Å²) < 4.78 is 47.4. The van der Waals surface area contributed by atoms with Crippen LogP contribution in [0.15, 0.2) is 42.5 Å². The molecule has 2 aromatic carbocycles. The van der Waals surface area contributed by atoms with Crippen molar-refractivity contribution in [1.29, 1.82) is 0 Å². The third-order valence-corrected chi connectivity index (χ3v) is 7.10. The van der Waals surface area contributed by atoms with Crippen molar-refractivity contribution in [3.05, 3.63) is 64.8 Å². The van der Waals surface area contributed by atoms with Crippen LogP contribution in [-0.2, 0) is 11.2 Å². The fourth-order valence-corrected chi connectivity index (χ4v) is 5.48. The summed E-state index contributed by atoms with van der Waals surface area (Å²) >= 11 is 0. The number of halogens is 3. The number of hydrogen-bond donors (Lipinski definition) is 2. The second-order valence-corrected chi connectivity index (χ2v) is 9.25. The van der Waals surface area contributed by atoms with Crippen LogP contribution in [-0.4, -0.2) is 22.2 Å². The first-order chi connectivity index (χ1) is 15.8. The molecule has 2 aliphatic rings. The maximum Gasteiger partial charge on any atom is 0.429 e. The van der Waals surface area contributed by atoms with Crippen LogP contribution < -0.4 is 4.74 Å². The van der Waals surface area contributed by atoms with Crippen LogP contribution in [0.5, 0.6) is 5.75 Å². The van der Waals surface area contributed by atoms with Crippen LogP contribution in [0.1, 0.15) is 78.8 Å². The molecule has 0 aliphatic heterocycles. The molecule has 2 atom stereocenters. The maximum absolute atomic E-state index is 14.0. The Hall–Kier alpha value is -2.96. The SMILES string of the molecule is O=C(O)C[C@H]1CCc2c1[nH]c1ccc(OC(c3ccc(C4CCCC4)cc3)C(F)(F)F)cc21. The van der Waals surface area contributed by atoms with E-state index in [1.54, 1.807) is 24.3 Å². The number of alkyl halides is 3. The average Bonchev–Trinajstić information content (AvgIpc) is 3.49. The quantitative estimate of drug-likeness (QED) is 0.418. The van der Waals surface area contributed by atoms with E-state index in [4.69, 9.17) is 9.84 Å². The van der Waals surface area contributed by atoms with Gasteiger partial charge in [-0.25, -0.2) is 0 Å². The van der Waals surface area contributed by atoms with Crippen molar-refractivity contribution in [1.82, 2.24) is 4.98 Å². The number of ether oxygens (including phenoxy) is 1. The van der Waals surface area contributed by atoms with E-state index < -0.39 is 18.2 Å². The number of carbonyl (C=O) groups is 1. The average molecular weight is 457 g/mol. The number of aromatic nitrogens is 1. The van der Waals surface area contributed by atoms with Gasteiger partial charge in [-0.1, -0.05) is 37.1 Å². The standard InChI is InChI=1S/C26H26F3NO3/c27-26(28,29)25(17-7-5-16(6-8-17)15-3-1-2-4-15)33-19-10-12-22-21(14-19)20-11-9-18(13-23(31)32)24(20)30-22/h5-8,10,12,14-15,18,25,30H,1-4,9,11,13H2,(H,31,32)/t18-,25?/m1/s1. The number of nitrogens with one attached hydrogen (secondary N) is 1. The number of H-pyrrole nitrogens is 1. The van der Waals surface area contributed by atoms with Gasteiger partial charge in [-0.15, -0.1) is 0 Å². The van der Waals surface area contributed by atoms with E-state index in [9.17, 15) is 18.0 Å². The Labute approximate surface area is 189 Å². The first-order valence-electron chi connectivity index (χ1n) is 11.5. The molecule has 2 N–H and O–H groups in total. The third-order valence-electron chi connectivity index (χ3n) is 7.10. The molecule has 7 heteroatoms. The number of fused-ring (bicyclic) bond motifs is 3. The van der Waals surface area contributed by atoms with Gasteiger partial charge in [0.2, 0.25) is 6.10 Å². The molecule has 1 heterocycles. The van der Waals surface area contributed by atoms with Crippen molar-refractivity contribution in [2.45, 2.75) is 69.1 Å². The number of carboxylic acid groups (broad SMARTS) is 1. The second kappa shape index (κ2) is 8.43. The summed E-state index contributed by atoms with van der Waals surface area (Å²) in [6.07, 6.45) is -0.646. The Balaban J connectivity index is 1.42. The summed E-state index contributed by atoms with van der Waals surface area (Å²) in [6.45, 7) is 0. The first-order valence-corrected chi connectivity index (χ1v) is 11.5. The predicted molar refractivity (Wildman–Crippen MR) is 119 cm³/mol. The highest BCUT2D eigenvalue weighted by Gasteiger charge is 2.43. The molecule has 4 nitrogen and oxygen atoms in total. The van der Waals surface area contributed by atoms with Crippen molar-refractivity contribution in [2.75, 3.05) is 0 Å². The third kappa shape index (κ3) is 4.33. The molecule has 1 fully saturated rings. The van der Waals surface area contributed by atoms with Gasteiger partial charge >= 0.3 is 12.1 Å². The number of aliphatic carboxylic acids is 1. The van der Waals surface area contributed by atoms with E-state index in [1.165, 1.54) is 31.0 Å². The van der Waals surface area contributed by atoms with Gasteiger partial charge in [0.25, 0.3) is 0 Å². The van der Waals surface area contributed by atoms with E-state index in [0.29, 0.717) is 18.8 Å². The number of hydrogen-bond acceptors (Lipinski definition) is 2. The van der Waals surface area contributed by atoms with Gasteiger partial charge in [0.05, 0.1) is 6.42 Å². The molecule has 33 heavy (non-hydrogen) atoms. The zero-order valence-electron chi connectivity index (χ0n) is 18.1. The van der Waals surface area contributed by atoms with Gasteiger partial charge in [0.15, 0.2) is 0 Å². The molecule has 2 aliphatic carbocycles. The van der Waals surface area contributed by atoms with Crippen LogP contribution in [0.4, 0.5) is 13.2 Å². The number of aromatic amines is 1. The zero-order valence-corrected chi connectivity index (χ0v) is 18.1.